The lowest BCUT2D eigenvalue weighted by atomic mass is 10.0. The van der Waals surface area contributed by atoms with E-state index in [9.17, 15) is 13.3 Å². The van der Waals surface area contributed by atoms with Crippen LogP contribution in [0, 0.1) is 5.92 Å². The lowest BCUT2D eigenvalue weighted by Gasteiger charge is -2.27. The minimum absolute atomic E-state index is 0.0883. The highest BCUT2D eigenvalue weighted by Gasteiger charge is 2.54. The van der Waals surface area contributed by atoms with Crippen LogP contribution in [0.4, 0.5) is 8.78 Å². The van der Waals surface area contributed by atoms with Crippen LogP contribution in [0.2, 0.25) is 0 Å². The Labute approximate surface area is 106 Å². The second kappa shape index (κ2) is 6.24. The van der Waals surface area contributed by atoms with Crippen LogP contribution in [0.1, 0.15) is 20.3 Å². The number of alkyl halides is 2. The van der Waals surface area contributed by atoms with Gasteiger partial charge in [-0.2, -0.15) is 8.78 Å². The van der Waals surface area contributed by atoms with E-state index in [1.54, 1.807) is 0 Å². The summed E-state index contributed by atoms with van der Waals surface area (Å²) in [5.41, 5.74) is -2.94. The van der Waals surface area contributed by atoms with E-state index in [1.165, 1.54) is 13.8 Å². The first kappa shape index (κ1) is 15.8. The molecule has 18 heavy (non-hydrogen) atoms. The summed E-state index contributed by atoms with van der Waals surface area (Å²) in [7, 11) is -4.43. The molecule has 0 aliphatic carbocycles. The first-order valence-electron chi connectivity index (χ1n) is 5.88. The number of halogens is 2. The van der Waals surface area contributed by atoms with Gasteiger partial charge in [-0.3, -0.25) is 4.57 Å². The third-order valence-corrected chi connectivity index (χ3v) is 4.85. The molecule has 1 aliphatic rings. The van der Waals surface area contributed by atoms with Crippen LogP contribution in [0.5, 0.6) is 0 Å². The van der Waals surface area contributed by atoms with Gasteiger partial charge in [-0.15, -0.1) is 0 Å². The predicted octanol–water partition coefficient (Wildman–Crippen LogP) is 3.44. The monoisotopic (exact) mass is 284 g/mol. The Morgan fingerprint density at radius 1 is 1.44 bits per heavy atom. The average Bonchev–Trinajstić information content (AvgIpc) is 2.64. The Morgan fingerprint density at radius 2 is 2.00 bits per heavy atom. The van der Waals surface area contributed by atoms with Crippen LogP contribution in [0.25, 0.3) is 0 Å². The zero-order valence-electron chi connectivity index (χ0n) is 10.7. The van der Waals surface area contributed by atoms with E-state index >= 15 is 0 Å². The van der Waals surface area contributed by atoms with Crippen molar-refractivity contribution in [1.82, 2.24) is 0 Å². The second-order valence-corrected chi connectivity index (χ2v) is 6.24. The zero-order valence-corrected chi connectivity index (χ0v) is 11.6. The van der Waals surface area contributed by atoms with Crippen molar-refractivity contribution in [2.45, 2.75) is 25.9 Å². The molecule has 0 aromatic rings. The van der Waals surface area contributed by atoms with E-state index in [-0.39, 0.29) is 26.4 Å². The van der Waals surface area contributed by atoms with Crippen LogP contribution in [-0.4, -0.2) is 32.1 Å². The maximum absolute atomic E-state index is 14.1. The fourth-order valence-corrected chi connectivity index (χ4v) is 3.32. The Bertz CT molecular complexity index is 336. The molecule has 0 saturated carbocycles. The maximum Gasteiger partial charge on any atom is 0.399 e. The highest BCUT2D eigenvalue weighted by atomic mass is 31.2. The van der Waals surface area contributed by atoms with Gasteiger partial charge in [0.05, 0.1) is 26.4 Å². The molecule has 1 atom stereocenters. The first-order chi connectivity index (χ1) is 8.36. The summed E-state index contributed by atoms with van der Waals surface area (Å²) in [6.45, 7) is 6.93. The molecule has 1 unspecified atom stereocenters. The molecule has 0 aromatic carbocycles. The van der Waals surface area contributed by atoms with Crippen molar-refractivity contribution in [1.29, 1.82) is 0 Å². The van der Waals surface area contributed by atoms with Gasteiger partial charge in [0.2, 0.25) is 0 Å². The largest absolute Gasteiger partial charge is 0.399 e. The summed E-state index contributed by atoms with van der Waals surface area (Å²) in [4.78, 5) is 0. The number of hydrogen-bond donors (Lipinski definition) is 0. The molecule has 0 spiro atoms. The molecule has 1 rings (SSSR count). The molecule has 0 radical (unpaired) electrons. The fourth-order valence-electron chi connectivity index (χ4n) is 1.75. The third kappa shape index (κ3) is 3.38. The molecule has 1 fully saturated rings. The van der Waals surface area contributed by atoms with Gasteiger partial charge in [0.25, 0.3) is 0 Å². The fraction of sp³-hybridized carbons (Fsp3) is 0.818. The smallest absolute Gasteiger partial charge is 0.376 e. The molecule has 4 nitrogen and oxygen atoms in total. The summed E-state index contributed by atoms with van der Waals surface area (Å²) in [6, 6.07) is 0. The molecule has 1 heterocycles. The Morgan fingerprint density at radius 3 is 2.39 bits per heavy atom. The van der Waals surface area contributed by atoms with Gasteiger partial charge in [0.1, 0.15) is 0 Å². The van der Waals surface area contributed by atoms with Gasteiger partial charge in [0.15, 0.2) is 0 Å². The highest BCUT2D eigenvalue weighted by Crippen LogP contribution is 2.64. The molecule has 0 bridgehead atoms. The van der Waals surface area contributed by atoms with E-state index in [4.69, 9.17) is 13.8 Å². The van der Waals surface area contributed by atoms with Crippen molar-refractivity contribution in [3.63, 3.8) is 0 Å². The van der Waals surface area contributed by atoms with Gasteiger partial charge < -0.3 is 13.8 Å². The summed E-state index contributed by atoms with van der Waals surface area (Å²) < 4.78 is 54.6. The van der Waals surface area contributed by atoms with Crippen LogP contribution >= 0.6 is 7.60 Å². The normalized spacial score (nSPS) is 21.6. The molecular weight excluding hydrogens is 265 g/mol. The van der Waals surface area contributed by atoms with Crippen LogP contribution in [0.15, 0.2) is 12.2 Å². The minimum atomic E-state index is -4.43. The Kier molecular flexibility index (Phi) is 5.46. The van der Waals surface area contributed by atoms with Crippen LogP contribution in [0.3, 0.4) is 0 Å². The lowest BCUT2D eigenvalue weighted by Crippen LogP contribution is -2.25. The molecule has 106 valence electrons. The van der Waals surface area contributed by atoms with Crippen molar-refractivity contribution in [2.24, 2.45) is 5.92 Å². The summed E-state index contributed by atoms with van der Waals surface area (Å²) in [6.07, 6.45) is -0.622. The van der Waals surface area contributed by atoms with Gasteiger partial charge in [-0.1, -0.05) is 6.58 Å². The maximum atomic E-state index is 14.1. The molecular formula is C11H19F2O4P. The SMILES string of the molecule is C=C1COCC1CC(F)(F)P(=O)(OCC)OCC. The Balaban J connectivity index is 2.80. The quantitative estimate of drug-likeness (QED) is 0.530. The van der Waals surface area contributed by atoms with E-state index in [1.807, 2.05) is 0 Å². The molecule has 0 aromatic heterocycles. The van der Waals surface area contributed by atoms with Crippen molar-refractivity contribution in [2.75, 3.05) is 26.4 Å². The minimum Gasteiger partial charge on any atom is -0.376 e. The van der Waals surface area contributed by atoms with Crippen LogP contribution in [-0.2, 0) is 18.3 Å². The van der Waals surface area contributed by atoms with Gasteiger partial charge >= 0.3 is 13.3 Å². The van der Waals surface area contributed by atoms with E-state index in [2.05, 4.69) is 6.58 Å². The highest BCUT2D eigenvalue weighted by molar-refractivity contribution is 7.55. The van der Waals surface area contributed by atoms with Crippen molar-refractivity contribution < 1.29 is 27.1 Å². The van der Waals surface area contributed by atoms with E-state index in [0.29, 0.717) is 5.57 Å². The molecule has 1 saturated heterocycles. The lowest BCUT2D eigenvalue weighted by molar-refractivity contribution is 0.0185. The first-order valence-corrected chi connectivity index (χ1v) is 7.43. The summed E-state index contributed by atoms with van der Waals surface area (Å²) >= 11 is 0. The van der Waals surface area contributed by atoms with Gasteiger partial charge in [0, 0.05) is 12.3 Å². The second-order valence-electron chi connectivity index (χ2n) is 4.07. The summed E-state index contributed by atoms with van der Waals surface area (Å²) in [5.74, 6) is -0.505. The third-order valence-electron chi connectivity index (χ3n) is 2.67. The van der Waals surface area contributed by atoms with E-state index in [0.717, 1.165) is 0 Å². The molecule has 7 heteroatoms. The molecule has 0 amide bonds. The molecule has 1 aliphatic heterocycles. The van der Waals surface area contributed by atoms with Gasteiger partial charge in [-0.05, 0) is 19.4 Å². The van der Waals surface area contributed by atoms with Crippen LogP contribution < -0.4 is 0 Å². The zero-order chi connectivity index (χ0) is 13.8. The predicted molar refractivity (Wildman–Crippen MR) is 63.9 cm³/mol. The Hall–Kier alpha value is -0.290. The number of hydrogen-bond acceptors (Lipinski definition) is 4. The van der Waals surface area contributed by atoms with Crippen molar-refractivity contribution >= 4 is 7.60 Å². The standard InChI is InChI=1S/C11H19F2O4P/c1-4-16-18(14,17-5-2)11(12,13)6-10-8-15-7-9(10)3/h10H,3-8H2,1-2H3. The van der Waals surface area contributed by atoms with E-state index < -0.39 is 25.6 Å². The van der Waals surface area contributed by atoms with Gasteiger partial charge in [-0.25, -0.2) is 0 Å². The number of ether oxygens (including phenoxy) is 1. The molecule has 0 N–H and O–H groups in total. The van der Waals surface area contributed by atoms with Crippen molar-refractivity contribution in [3.05, 3.63) is 12.2 Å². The average molecular weight is 284 g/mol. The number of rotatable bonds is 7. The topological polar surface area (TPSA) is 44.8 Å². The van der Waals surface area contributed by atoms with Crippen molar-refractivity contribution in [3.8, 4) is 0 Å². The summed E-state index contributed by atoms with van der Waals surface area (Å²) in [5, 5.41) is 0.